The maximum Gasteiger partial charge on any atom is 0.253 e. The monoisotopic (exact) mass is 455 g/mol. The van der Waals surface area contributed by atoms with Crippen molar-refractivity contribution in [2.75, 3.05) is 26.2 Å². The largest absolute Gasteiger partial charge is 0.382 e. The zero-order chi connectivity index (χ0) is 20.8. The molecule has 150 valence electrons. The smallest absolute Gasteiger partial charge is 0.253 e. The van der Waals surface area contributed by atoms with Crippen LogP contribution in [0.15, 0.2) is 64.2 Å². The van der Waals surface area contributed by atoms with E-state index in [-0.39, 0.29) is 17.6 Å². The van der Waals surface area contributed by atoms with Gasteiger partial charge in [-0.15, -0.1) is 0 Å². The van der Waals surface area contributed by atoms with Gasteiger partial charge in [0.2, 0.25) is 5.91 Å². The highest BCUT2D eigenvalue weighted by Crippen LogP contribution is 2.13. The molecule has 4 N–H and O–H groups in total. The molecule has 2 aromatic carbocycles. The lowest BCUT2D eigenvalue weighted by Crippen LogP contribution is -2.50. The Morgan fingerprint density at radius 2 is 1.45 bits per heavy atom. The van der Waals surface area contributed by atoms with Gasteiger partial charge in [0.05, 0.1) is 0 Å². The normalized spacial score (nSPS) is 15.0. The topological polar surface area (TPSA) is 105 Å². The molecule has 3 rings (SSSR count). The third-order valence-electron chi connectivity index (χ3n) is 4.73. The molecule has 0 radical (unpaired) electrons. The molecule has 0 aromatic heterocycles. The van der Waals surface area contributed by atoms with E-state index >= 15 is 0 Å². The number of nitrogens with two attached hydrogens (primary N) is 2. The predicted octanol–water partition coefficient (Wildman–Crippen LogP) is 2.03. The van der Waals surface area contributed by atoms with Crippen LogP contribution in [0.3, 0.4) is 0 Å². The molecule has 0 aliphatic carbocycles. The van der Waals surface area contributed by atoms with Gasteiger partial charge in [-0.05, 0) is 35.9 Å². The summed E-state index contributed by atoms with van der Waals surface area (Å²) in [6.07, 6.45) is 3.37. The Kier molecular flexibility index (Phi) is 6.66. The van der Waals surface area contributed by atoms with Gasteiger partial charge >= 0.3 is 0 Å². The standard InChI is InChI=1S/C21H22BrN5O2/c22-18-8-1-15(2-9-18)3-10-19(28)26-11-13-27(14-12-26)21(29)17-6-4-16(5-7-17)20(23)25-24/h1-10H,11-14,24H2,(H2,23,25)/b10-3+. The van der Waals surface area contributed by atoms with Crippen molar-refractivity contribution >= 4 is 39.7 Å². The molecule has 1 aliphatic rings. The van der Waals surface area contributed by atoms with Crippen LogP contribution in [0.4, 0.5) is 0 Å². The zero-order valence-electron chi connectivity index (χ0n) is 15.8. The van der Waals surface area contributed by atoms with Crippen molar-refractivity contribution in [2.24, 2.45) is 16.7 Å². The van der Waals surface area contributed by atoms with Gasteiger partial charge in [-0.1, -0.05) is 40.2 Å². The first-order chi connectivity index (χ1) is 14.0. The van der Waals surface area contributed by atoms with E-state index < -0.39 is 0 Å². The van der Waals surface area contributed by atoms with E-state index in [9.17, 15) is 9.59 Å². The second-order valence-electron chi connectivity index (χ2n) is 6.59. The molecular weight excluding hydrogens is 434 g/mol. The molecule has 1 saturated heterocycles. The Morgan fingerprint density at radius 3 is 2.03 bits per heavy atom. The Balaban J connectivity index is 1.54. The van der Waals surface area contributed by atoms with E-state index in [4.69, 9.17) is 11.6 Å². The Hall–Kier alpha value is -3.13. The number of halogens is 1. The number of carbonyl (C=O) groups excluding carboxylic acids is 2. The number of benzene rings is 2. The third kappa shape index (κ3) is 5.23. The summed E-state index contributed by atoms with van der Waals surface area (Å²) in [7, 11) is 0. The van der Waals surface area contributed by atoms with Crippen molar-refractivity contribution in [3.05, 3.63) is 75.8 Å². The van der Waals surface area contributed by atoms with Crippen LogP contribution in [-0.2, 0) is 4.79 Å². The van der Waals surface area contributed by atoms with E-state index in [2.05, 4.69) is 21.0 Å². The molecule has 0 spiro atoms. The molecule has 1 heterocycles. The summed E-state index contributed by atoms with van der Waals surface area (Å²) < 4.78 is 0.993. The van der Waals surface area contributed by atoms with Crippen LogP contribution < -0.4 is 11.6 Å². The SMILES string of the molecule is NN=C(N)c1ccc(C(=O)N2CCN(C(=O)/C=C/c3ccc(Br)cc3)CC2)cc1. The van der Waals surface area contributed by atoms with E-state index in [1.54, 1.807) is 46.2 Å². The summed E-state index contributed by atoms with van der Waals surface area (Å²) in [4.78, 5) is 28.6. The molecule has 7 nitrogen and oxygen atoms in total. The summed E-state index contributed by atoms with van der Waals surface area (Å²) in [6, 6.07) is 14.6. The predicted molar refractivity (Wildman–Crippen MR) is 117 cm³/mol. The second-order valence-corrected chi connectivity index (χ2v) is 7.51. The first-order valence-corrected chi connectivity index (χ1v) is 9.93. The van der Waals surface area contributed by atoms with Crippen molar-refractivity contribution in [3.63, 3.8) is 0 Å². The van der Waals surface area contributed by atoms with Crippen molar-refractivity contribution < 1.29 is 9.59 Å². The highest BCUT2D eigenvalue weighted by Gasteiger charge is 2.23. The molecule has 0 atom stereocenters. The highest BCUT2D eigenvalue weighted by molar-refractivity contribution is 9.10. The average molecular weight is 456 g/mol. The molecule has 0 saturated carbocycles. The summed E-state index contributed by atoms with van der Waals surface area (Å²) >= 11 is 3.39. The number of hydrogen-bond acceptors (Lipinski definition) is 4. The molecule has 8 heteroatoms. The Labute approximate surface area is 177 Å². The fourth-order valence-electron chi connectivity index (χ4n) is 3.02. The molecule has 2 aromatic rings. The fourth-order valence-corrected chi connectivity index (χ4v) is 3.28. The summed E-state index contributed by atoms with van der Waals surface area (Å²) in [5.41, 5.74) is 7.84. The van der Waals surface area contributed by atoms with Crippen molar-refractivity contribution in [2.45, 2.75) is 0 Å². The van der Waals surface area contributed by atoms with Crippen LogP contribution in [0.2, 0.25) is 0 Å². The molecule has 2 amide bonds. The van der Waals surface area contributed by atoms with Crippen LogP contribution in [-0.4, -0.2) is 53.6 Å². The van der Waals surface area contributed by atoms with Gasteiger partial charge in [0, 0.05) is 47.9 Å². The van der Waals surface area contributed by atoms with Gasteiger partial charge in [-0.3, -0.25) is 9.59 Å². The Bertz CT molecular complexity index is 931. The van der Waals surface area contributed by atoms with Gasteiger partial charge in [-0.25, -0.2) is 0 Å². The van der Waals surface area contributed by atoms with Crippen molar-refractivity contribution in [3.8, 4) is 0 Å². The van der Waals surface area contributed by atoms with Crippen LogP contribution in [0.25, 0.3) is 6.08 Å². The fraction of sp³-hybridized carbons (Fsp3) is 0.190. The lowest BCUT2D eigenvalue weighted by Gasteiger charge is -2.34. The second kappa shape index (κ2) is 9.38. The minimum absolute atomic E-state index is 0.0547. The van der Waals surface area contributed by atoms with Gasteiger partial charge in [0.25, 0.3) is 5.91 Å². The highest BCUT2D eigenvalue weighted by atomic mass is 79.9. The first kappa shape index (κ1) is 20.6. The number of hydrazone groups is 1. The van der Waals surface area contributed by atoms with Crippen LogP contribution in [0.5, 0.6) is 0 Å². The van der Waals surface area contributed by atoms with Crippen LogP contribution in [0.1, 0.15) is 21.5 Å². The number of carbonyl (C=O) groups is 2. The first-order valence-electron chi connectivity index (χ1n) is 9.13. The number of amides is 2. The molecule has 1 aliphatic heterocycles. The van der Waals surface area contributed by atoms with Gasteiger partial charge < -0.3 is 21.4 Å². The molecular formula is C21H22BrN5O2. The maximum absolute atomic E-state index is 12.7. The zero-order valence-corrected chi connectivity index (χ0v) is 17.4. The van der Waals surface area contributed by atoms with Gasteiger partial charge in [-0.2, -0.15) is 5.10 Å². The van der Waals surface area contributed by atoms with Gasteiger partial charge in [0.15, 0.2) is 0 Å². The van der Waals surface area contributed by atoms with E-state index in [0.717, 1.165) is 10.0 Å². The molecule has 1 fully saturated rings. The lowest BCUT2D eigenvalue weighted by molar-refractivity contribution is -0.127. The van der Waals surface area contributed by atoms with E-state index in [0.29, 0.717) is 37.3 Å². The van der Waals surface area contributed by atoms with Crippen LogP contribution >= 0.6 is 15.9 Å². The van der Waals surface area contributed by atoms with Crippen LogP contribution in [0, 0.1) is 0 Å². The summed E-state index contributed by atoms with van der Waals surface area (Å²) in [5, 5.41) is 3.44. The molecule has 0 bridgehead atoms. The molecule has 0 unspecified atom stereocenters. The average Bonchev–Trinajstić information content (AvgIpc) is 2.77. The van der Waals surface area contributed by atoms with E-state index in [1.165, 1.54) is 0 Å². The van der Waals surface area contributed by atoms with Crippen molar-refractivity contribution in [1.29, 1.82) is 0 Å². The summed E-state index contributed by atoms with van der Waals surface area (Å²) in [5.74, 6) is 5.25. The number of rotatable bonds is 4. The maximum atomic E-state index is 12.7. The number of amidine groups is 1. The minimum atomic E-state index is -0.0719. The number of nitrogens with zero attached hydrogens (tertiary/aromatic N) is 3. The van der Waals surface area contributed by atoms with E-state index in [1.807, 2.05) is 24.3 Å². The summed E-state index contributed by atoms with van der Waals surface area (Å²) in [6.45, 7) is 1.98. The minimum Gasteiger partial charge on any atom is -0.382 e. The number of piperazine rings is 1. The lowest BCUT2D eigenvalue weighted by atomic mass is 10.1. The van der Waals surface area contributed by atoms with Gasteiger partial charge in [0.1, 0.15) is 5.84 Å². The Morgan fingerprint density at radius 1 is 0.897 bits per heavy atom. The third-order valence-corrected chi connectivity index (χ3v) is 5.26. The quantitative estimate of drug-likeness (QED) is 0.242. The number of hydrogen-bond donors (Lipinski definition) is 2. The molecule has 29 heavy (non-hydrogen) atoms. The van der Waals surface area contributed by atoms with Crippen molar-refractivity contribution in [1.82, 2.24) is 9.80 Å².